The molecule has 2 aliphatic rings. The minimum Gasteiger partial charge on any atom is -0.478 e. The molecular weight excluding hydrogens is 619 g/mol. The molecule has 0 aliphatic carbocycles. The highest BCUT2D eigenvalue weighted by molar-refractivity contribution is 6.40. The Kier molecular flexibility index (Phi) is 9.69. The van der Waals surface area contributed by atoms with Crippen molar-refractivity contribution in [3.05, 3.63) is 87.0 Å². The number of nitrogens with one attached hydrogen (secondary N) is 2. The third kappa shape index (κ3) is 7.26. The smallest absolute Gasteiger partial charge is 0.337 e. The third-order valence-electron chi connectivity index (χ3n) is 7.54. The number of amides is 1. The van der Waals surface area contributed by atoms with Crippen molar-refractivity contribution in [1.82, 2.24) is 10.2 Å². The zero-order valence-electron chi connectivity index (χ0n) is 24.9. The van der Waals surface area contributed by atoms with Gasteiger partial charge in [-0.25, -0.2) is 4.79 Å². The number of carbonyl (C=O) groups is 2. The standard InChI is InChI=1S/C33H34Cl2N4O6/c1-33(2,43)18-37-16-23(15-36)22-12-26(34)29(27(35)13-22)31(40)39-17-21-4-3-5-24(30(21)45-19-39)20-6-7-25(32(41)42)28(14-20)38-8-10-44-11-9-38/h3-7,12-16,36-37,43H,8-11,17-19H2,1-2H3,(H,41,42)/b23-16+,36-15?. The lowest BCUT2D eigenvalue weighted by atomic mass is 9.97. The van der Waals surface area contributed by atoms with Crippen molar-refractivity contribution < 1.29 is 29.3 Å². The SMILES string of the molecule is CC(C)(O)CN/C=C(\C=N)c1cc(Cl)c(C(=O)N2COc3c(cccc3-c3ccc(C(=O)O)c(N4CCOCC4)c3)C2)c(Cl)c1. The highest BCUT2D eigenvalue weighted by atomic mass is 35.5. The van der Waals surface area contributed by atoms with Gasteiger partial charge in [0.2, 0.25) is 0 Å². The van der Waals surface area contributed by atoms with E-state index in [4.69, 9.17) is 38.1 Å². The molecule has 1 amide bonds. The van der Waals surface area contributed by atoms with Crippen LogP contribution in [0.4, 0.5) is 5.69 Å². The molecule has 1 saturated heterocycles. The first-order valence-electron chi connectivity index (χ1n) is 14.4. The fourth-order valence-electron chi connectivity index (χ4n) is 5.30. The Morgan fingerprint density at radius 1 is 1.09 bits per heavy atom. The maximum absolute atomic E-state index is 13.7. The number of allylic oxidation sites excluding steroid dienone is 1. The summed E-state index contributed by atoms with van der Waals surface area (Å²) in [5.41, 5.74) is 3.39. The zero-order valence-corrected chi connectivity index (χ0v) is 26.4. The molecule has 12 heteroatoms. The molecule has 3 aromatic rings. The number of nitrogens with zero attached hydrogens (tertiary/aromatic N) is 2. The lowest BCUT2D eigenvalue weighted by Crippen LogP contribution is -2.37. The predicted octanol–water partition coefficient (Wildman–Crippen LogP) is 5.54. The van der Waals surface area contributed by atoms with E-state index in [1.165, 1.54) is 4.90 Å². The number of halogens is 2. The number of morpholine rings is 1. The van der Waals surface area contributed by atoms with Gasteiger partial charge in [-0.15, -0.1) is 0 Å². The first-order valence-corrected chi connectivity index (χ1v) is 15.1. The van der Waals surface area contributed by atoms with Crippen LogP contribution in [0.1, 0.15) is 45.7 Å². The molecule has 0 bridgehead atoms. The predicted molar refractivity (Wildman–Crippen MR) is 175 cm³/mol. The fourth-order valence-corrected chi connectivity index (χ4v) is 5.95. The number of hydrogen-bond acceptors (Lipinski definition) is 8. The summed E-state index contributed by atoms with van der Waals surface area (Å²) in [6, 6.07) is 14.0. The quantitative estimate of drug-likeness (QED) is 0.221. The third-order valence-corrected chi connectivity index (χ3v) is 8.13. The Balaban J connectivity index is 1.39. The molecule has 5 rings (SSSR count). The number of aromatic carboxylic acids is 1. The number of rotatable bonds is 9. The van der Waals surface area contributed by atoms with Crippen molar-refractivity contribution in [1.29, 1.82) is 5.41 Å². The lowest BCUT2D eigenvalue weighted by Gasteiger charge is -2.32. The van der Waals surface area contributed by atoms with Crippen LogP contribution in [0.3, 0.4) is 0 Å². The van der Waals surface area contributed by atoms with Gasteiger partial charge >= 0.3 is 5.97 Å². The molecule has 45 heavy (non-hydrogen) atoms. The summed E-state index contributed by atoms with van der Waals surface area (Å²) < 4.78 is 11.6. The average molecular weight is 654 g/mol. The number of carboxylic acid groups (broad SMARTS) is 1. The van der Waals surface area contributed by atoms with Crippen LogP contribution in [0.15, 0.2) is 54.7 Å². The van der Waals surface area contributed by atoms with E-state index in [0.29, 0.717) is 48.9 Å². The van der Waals surface area contributed by atoms with Gasteiger partial charge in [-0.2, -0.15) is 0 Å². The molecule has 0 spiro atoms. The number of para-hydroxylation sites is 1. The van der Waals surface area contributed by atoms with Crippen LogP contribution in [0.5, 0.6) is 5.75 Å². The molecule has 2 heterocycles. The summed E-state index contributed by atoms with van der Waals surface area (Å²) in [4.78, 5) is 29.2. The molecule has 0 atom stereocenters. The van der Waals surface area contributed by atoms with Crippen LogP contribution in [-0.2, 0) is 11.3 Å². The van der Waals surface area contributed by atoms with Gasteiger partial charge in [-0.05, 0) is 49.2 Å². The van der Waals surface area contributed by atoms with Crippen molar-refractivity contribution in [2.75, 3.05) is 44.5 Å². The van der Waals surface area contributed by atoms with Crippen LogP contribution in [-0.4, -0.2) is 78.4 Å². The fraction of sp³-hybridized carbons (Fsp3) is 0.303. The Hall–Kier alpha value is -4.09. The minimum absolute atomic E-state index is 0.0483. The average Bonchev–Trinajstić information content (AvgIpc) is 3.01. The van der Waals surface area contributed by atoms with Crippen LogP contribution < -0.4 is 15.0 Å². The maximum Gasteiger partial charge on any atom is 0.337 e. The number of fused-ring (bicyclic) bond motifs is 1. The number of ether oxygens (including phenoxy) is 2. The number of aliphatic hydroxyl groups is 1. The molecule has 0 saturated carbocycles. The summed E-state index contributed by atoms with van der Waals surface area (Å²) in [6.45, 7) is 6.02. The van der Waals surface area contributed by atoms with Crippen LogP contribution in [0.2, 0.25) is 10.0 Å². The van der Waals surface area contributed by atoms with Crippen LogP contribution in [0, 0.1) is 5.41 Å². The molecule has 0 radical (unpaired) electrons. The van der Waals surface area contributed by atoms with E-state index in [2.05, 4.69) is 5.32 Å². The van der Waals surface area contributed by atoms with Gasteiger partial charge in [0.1, 0.15) is 5.75 Å². The Bertz CT molecular complexity index is 1640. The molecule has 10 nitrogen and oxygen atoms in total. The highest BCUT2D eigenvalue weighted by Crippen LogP contribution is 2.39. The van der Waals surface area contributed by atoms with Crippen molar-refractivity contribution in [3.63, 3.8) is 0 Å². The van der Waals surface area contributed by atoms with Crippen molar-refractivity contribution in [2.45, 2.75) is 26.0 Å². The molecule has 2 aliphatic heterocycles. The maximum atomic E-state index is 13.7. The van der Waals surface area contributed by atoms with E-state index in [1.54, 1.807) is 44.3 Å². The number of hydrogen-bond donors (Lipinski definition) is 4. The monoisotopic (exact) mass is 652 g/mol. The zero-order chi connectivity index (χ0) is 32.3. The van der Waals surface area contributed by atoms with E-state index in [1.807, 2.05) is 29.2 Å². The normalized spacial score (nSPS) is 15.3. The van der Waals surface area contributed by atoms with Gasteiger partial charge in [0.15, 0.2) is 6.73 Å². The second kappa shape index (κ2) is 13.5. The van der Waals surface area contributed by atoms with Gasteiger partial charge in [0.05, 0.1) is 52.2 Å². The largest absolute Gasteiger partial charge is 0.478 e. The van der Waals surface area contributed by atoms with Crippen molar-refractivity contribution in [2.24, 2.45) is 0 Å². The molecule has 3 aromatic carbocycles. The number of anilines is 1. The molecule has 1 fully saturated rings. The molecule has 0 aromatic heterocycles. The van der Waals surface area contributed by atoms with Gasteiger partial charge in [-0.1, -0.05) is 47.5 Å². The lowest BCUT2D eigenvalue weighted by molar-refractivity contribution is 0.0516. The highest BCUT2D eigenvalue weighted by Gasteiger charge is 2.29. The first-order chi connectivity index (χ1) is 21.5. The van der Waals surface area contributed by atoms with E-state index < -0.39 is 17.5 Å². The van der Waals surface area contributed by atoms with Crippen LogP contribution >= 0.6 is 23.2 Å². The molecular formula is C33H34Cl2N4O6. The Labute approximate surface area is 271 Å². The van der Waals surface area contributed by atoms with E-state index in [9.17, 15) is 19.8 Å². The summed E-state index contributed by atoms with van der Waals surface area (Å²) >= 11 is 13.2. The molecule has 0 unspecified atom stereocenters. The number of benzene rings is 3. The van der Waals surface area contributed by atoms with Crippen molar-refractivity contribution >= 4 is 52.6 Å². The van der Waals surface area contributed by atoms with Gasteiger partial charge < -0.3 is 40.2 Å². The van der Waals surface area contributed by atoms with E-state index in [-0.39, 0.29) is 41.0 Å². The van der Waals surface area contributed by atoms with Crippen LogP contribution in [0.25, 0.3) is 16.7 Å². The second-order valence-corrected chi connectivity index (χ2v) is 12.3. The molecule has 236 valence electrons. The first kappa shape index (κ1) is 32.3. The number of carbonyl (C=O) groups excluding carboxylic acids is 1. The number of carboxylic acids is 1. The molecule has 4 N–H and O–H groups in total. The van der Waals surface area contributed by atoms with E-state index in [0.717, 1.165) is 22.9 Å². The summed E-state index contributed by atoms with van der Waals surface area (Å²) in [6.07, 6.45) is 2.72. The Morgan fingerprint density at radius 2 is 1.80 bits per heavy atom. The van der Waals surface area contributed by atoms with Gasteiger partial charge in [0, 0.05) is 48.7 Å². The minimum atomic E-state index is -0.999. The van der Waals surface area contributed by atoms with Gasteiger partial charge in [-0.3, -0.25) is 4.79 Å². The van der Waals surface area contributed by atoms with Gasteiger partial charge in [0.25, 0.3) is 5.91 Å². The second-order valence-electron chi connectivity index (χ2n) is 11.5. The topological polar surface area (TPSA) is 135 Å². The Morgan fingerprint density at radius 3 is 2.44 bits per heavy atom. The van der Waals surface area contributed by atoms with E-state index >= 15 is 0 Å². The summed E-state index contributed by atoms with van der Waals surface area (Å²) in [5.74, 6) is -0.792. The summed E-state index contributed by atoms with van der Waals surface area (Å²) in [5, 5.41) is 30.8. The van der Waals surface area contributed by atoms with Crippen molar-refractivity contribution in [3.8, 4) is 16.9 Å². The summed E-state index contributed by atoms with van der Waals surface area (Å²) in [7, 11) is 0.